The van der Waals surface area contributed by atoms with Gasteiger partial charge in [-0.2, -0.15) is 0 Å². The number of pyridine rings is 1. The average Bonchev–Trinajstić information content (AvgIpc) is 2.73. The van der Waals surface area contributed by atoms with Crippen LogP contribution >= 0.6 is 0 Å². The molecule has 0 fully saturated rings. The van der Waals surface area contributed by atoms with Gasteiger partial charge in [-0.15, -0.1) is 0 Å². The molecule has 0 saturated carbocycles. The molecule has 1 aromatic rings. The number of fused-ring (bicyclic) bond motifs is 1. The van der Waals surface area contributed by atoms with Gasteiger partial charge in [0.05, 0.1) is 0 Å². The molecular formula is C10H12N2O4. The molecule has 6 nitrogen and oxygen atoms in total. The Bertz CT molecular complexity index is 421. The van der Waals surface area contributed by atoms with Crippen molar-refractivity contribution in [3.8, 4) is 0 Å². The first-order chi connectivity index (χ1) is 7.59. The fourth-order valence-electron chi connectivity index (χ4n) is 1.67. The molecular weight excluding hydrogens is 212 g/mol. The molecule has 2 rings (SSSR count). The number of aliphatic hydroxyl groups excluding tert-OH is 2. The number of nitrogens with zero attached hydrogens (tertiary/aromatic N) is 1. The zero-order valence-corrected chi connectivity index (χ0v) is 8.42. The van der Waals surface area contributed by atoms with Crippen molar-refractivity contribution in [2.24, 2.45) is 0 Å². The molecule has 0 aliphatic carbocycles. The molecule has 0 spiro atoms. The van der Waals surface area contributed by atoms with Crippen LogP contribution in [0.3, 0.4) is 0 Å². The smallest absolute Gasteiger partial charge is 0.335 e. The number of anilines is 1. The van der Waals surface area contributed by atoms with E-state index in [1.54, 1.807) is 6.07 Å². The van der Waals surface area contributed by atoms with Crippen molar-refractivity contribution in [2.75, 3.05) is 11.9 Å². The van der Waals surface area contributed by atoms with Crippen molar-refractivity contribution < 1.29 is 20.1 Å². The number of carbonyl (C=O) groups is 1. The van der Waals surface area contributed by atoms with Crippen LogP contribution < -0.4 is 5.32 Å². The van der Waals surface area contributed by atoms with Crippen LogP contribution in [0.1, 0.15) is 17.2 Å². The van der Waals surface area contributed by atoms with E-state index in [0.717, 1.165) is 24.3 Å². The molecule has 86 valence electrons. The molecule has 16 heavy (non-hydrogen) atoms. The van der Waals surface area contributed by atoms with Crippen molar-refractivity contribution in [3.63, 3.8) is 0 Å². The fraction of sp³-hybridized carbons (Fsp3) is 0.400. The summed E-state index contributed by atoms with van der Waals surface area (Å²) in [6.45, 7) is 0.781. The summed E-state index contributed by atoms with van der Waals surface area (Å²) in [5.74, 6) is -0.702. The van der Waals surface area contributed by atoms with E-state index in [1.807, 2.05) is 0 Å². The van der Waals surface area contributed by atoms with Gasteiger partial charge in [-0.05, 0) is 18.1 Å². The van der Waals surface area contributed by atoms with Crippen molar-refractivity contribution in [1.82, 2.24) is 4.98 Å². The van der Waals surface area contributed by atoms with Gasteiger partial charge in [-0.25, -0.2) is 9.78 Å². The Balaban J connectivity index is 2.24. The number of aliphatic hydroxyl groups is 2. The minimum atomic E-state index is -1.82. The summed E-state index contributed by atoms with van der Waals surface area (Å²) in [5, 5.41) is 30.4. The number of rotatable bonds is 3. The van der Waals surface area contributed by atoms with Crippen LogP contribution in [0.2, 0.25) is 0 Å². The fourth-order valence-corrected chi connectivity index (χ4v) is 1.67. The second-order valence-electron chi connectivity index (χ2n) is 3.68. The van der Waals surface area contributed by atoms with Crippen molar-refractivity contribution in [3.05, 3.63) is 23.4 Å². The number of hydrogen-bond acceptors (Lipinski definition) is 5. The van der Waals surface area contributed by atoms with E-state index < -0.39 is 18.2 Å². The van der Waals surface area contributed by atoms with Crippen molar-refractivity contribution >= 4 is 11.8 Å². The molecule has 2 atom stereocenters. The Hall–Kier alpha value is -1.66. The number of aliphatic carboxylic acids is 1. The molecule has 4 N–H and O–H groups in total. The largest absolute Gasteiger partial charge is 0.479 e. The van der Waals surface area contributed by atoms with Gasteiger partial charge in [0.1, 0.15) is 11.9 Å². The lowest BCUT2D eigenvalue weighted by Crippen LogP contribution is -2.27. The molecule has 1 aliphatic rings. The summed E-state index contributed by atoms with van der Waals surface area (Å²) in [7, 11) is 0. The van der Waals surface area contributed by atoms with Crippen LogP contribution in [0, 0.1) is 0 Å². The standard InChI is InChI=1S/C10H12N2O4/c13-7(8(14)10(15)16)6-3-5-1-2-11-9(5)12-4-6/h3-4,7-8,13-14H,1-2H2,(H,11,12)(H,15,16). The van der Waals surface area contributed by atoms with E-state index in [9.17, 15) is 15.0 Å². The van der Waals surface area contributed by atoms with Crippen LogP contribution in [0.4, 0.5) is 5.82 Å². The Morgan fingerprint density at radius 1 is 1.50 bits per heavy atom. The van der Waals surface area contributed by atoms with E-state index in [2.05, 4.69) is 10.3 Å². The van der Waals surface area contributed by atoms with Gasteiger partial charge in [0.2, 0.25) is 0 Å². The maximum Gasteiger partial charge on any atom is 0.335 e. The Kier molecular flexibility index (Phi) is 2.76. The maximum atomic E-state index is 10.5. The van der Waals surface area contributed by atoms with Crippen LogP contribution in [0.5, 0.6) is 0 Å². The molecule has 0 saturated heterocycles. The van der Waals surface area contributed by atoms with Gasteiger partial charge in [-0.1, -0.05) is 0 Å². The highest BCUT2D eigenvalue weighted by molar-refractivity contribution is 5.73. The third-order valence-electron chi connectivity index (χ3n) is 2.57. The lowest BCUT2D eigenvalue weighted by molar-refractivity contribution is -0.153. The monoisotopic (exact) mass is 224 g/mol. The first-order valence-corrected chi connectivity index (χ1v) is 4.91. The van der Waals surface area contributed by atoms with Gasteiger partial charge < -0.3 is 20.6 Å². The summed E-state index contributed by atoms with van der Waals surface area (Å²) < 4.78 is 0. The summed E-state index contributed by atoms with van der Waals surface area (Å²) in [6, 6.07) is 1.67. The molecule has 0 radical (unpaired) electrons. The van der Waals surface area contributed by atoms with Gasteiger partial charge in [0, 0.05) is 18.3 Å². The quantitative estimate of drug-likeness (QED) is 0.553. The molecule has 0 aromatic carbocycles. The predicted molar refractivity (Wildman–Crippen MR) is 55.0 cm³/mol. The first kappa shape index (κ1) is 10.8. The molecule has 0 amide bonds. The highest BCUT2D eigenvalue weighted by Gasteiger charge is 2.26. The molecule has 2 unspecified atom stereocenters. The number of hydrogen-bond donors (Lipinski definition) is 4. The predicted octanol–water partition coefficient (Wildman–Crippen LogP) is -0.471. The third-order valence-corrected chi connectivity index (χ3v) is 2.57. The maximum absolute atomic E-state index is 10.5. The third kappa shape index (κ3) is 1.84. The summed E-state index contributed by atoms with van der Waals surface area (Å²) in [6.07, 6.45) is -1.12. The number of nitrogens with one attached hydrogen (secondary N) is 1. The van der Waals surface area contributed by atoms with Crippen molar-refractivity contribution in [1.29, 1.82) is 0 Å². The molecule has 1 aromatic heterocycles. The van der Waals surface area contributed by atoms with Crippen molar-refractivity contribution in [2.45, 2.75) is 18.6 Å². The van der Waals surface area contributed by atoms with Gasteiger partial charge in [0.15, 0.2) is 6.10 Å². The van der Waals surface area contributed by atoms with Gasteiger partial charge >= 0.3 is 5.97 Å². The zero-order valence-electron chi connectivity index (χ0n) is 8.42. The van der Waals surface area contributed by atoms with Crippen LogP contribution in [-0.4, -0.2) is 38.9 Å². The van der Waals surface area contributed by atoms with Gasteiger partial charge in [0.25, 0.3) is 0 Å². The summed E-state index contributed by atoms with van der Waals surface area (Å²) >= 11 is 0. The average molecular weight is 224 g/mol. The highest BCUT2D eigenvalue weighted by atomic mass is 16.4. The van der Waals surface area contributed by atoms with E-state index >= 15 is 0 Å². The molecule has 2 heterocycles. The molecule has 1 aliphatic heterocycles. The number of carboxylic acids is 1. The second kappa shape index (κ2) is 4.07. The SMILES string of the molecule is O=C(O)C(O)C(O)c1cnc2c(c1)CCN2. The lowest BCUT2D eigenvalue weighted by atomic mass is 10.0. The number of carboxylic acid groups (broad SMARTS) is 1. The number of aromatic nitrogens is 1. The highest BCUT2D eigenvalue weighted by Crippen LogP contribution is 2.24. The molecule has 0 bridgehead atoms. The topological polar surface area (TPSA) is 103 Å². The van der Waals surface area contributed by atoms with Crippen LogP contribution in [0.25, 0.3) is 0 Å². The van der Waals surface area contributed by atoms with E-state index in [0.29, 0.717) is 5.56 Å². The van der Waals surface area contributed by atoms with E-state index in [1.165, 1.54) is 6.20 Å². The zero-order chi connectivity index (χ0) is 11.7. The normalized spacial score (nSPS) is 17.4. The Morgan fingerprint density at radius 2 is 2.25 bits per heavy atom. The Labute approximate surface area is 91.6 Å². The van der Waals surface area contributed by atoms with Gasteiger partial charge in [-0.3, -0.25) is 0 Å². The Morgan fingerprint density at radius 3 is 2.94 bits per heavy atom. The van der Waals surface area contributed by atoms with E-state index in [4.69, 9.17) is 5.11 Å². The lowest BCUT2D eigenvalue weighted by Gasteiger charge is -2.14. The van der Waals surface area contributed by atoms with Crippen LogP contribution in [-0.2, 0) is 11.2 Å². The second-order valence-corrected chi connectivity index (χ2v) is 3.68. The first-order valence-electron chi connectivity index (χ1n) is 4.91. The van der Waals surface area contributed by atoms with E-state index in [-0.39, 0.29) is 0 Å². The minimum absolute atomic E-state index is 0.317. The summed E-state index contributed by atoms with van der Waals surface area (Å²) in [5.41, 5.74) is 1.24. The summed E-state index contributed by atoms with van der Waals surface area (Å²) in [4.78, 5) is 14.6. The van der Waals surface area contributed by atoms with Crippen LogP contribution in [0.15, 0.2) is 12.3 Å². The minimum Gasteiger partial charge on any atom is -0.479 e. The molecule has 6 heteroatoms.